The van der Waals surface area contributed by atoms with Gasteiger partial charge in [-0.05, 0) is 93.2 Å². The van der Waals surface area contributed by atoms with Gasteiger partial charge in [0.05, 0.1) is 35.3 Å². The molecule has 3 N–H and O–H groups in total. The van der Waals surface area contributed by atoms with Crippen molar-refractivity contribution in [2.24, 2.45) is 29.4 Å². The topological polar surface area (TPSA) is 150 Å². The Hall–Kier alpha value is -4.49. The van der Waals surface area contributed by atoms with Crippen LogP contribution in [-0.4, -0.2) is 46.4 Å². The van der Waals surface area contributed by atoms with E-state index in [4.69, 9.17) is 29.4 Å². The molecular formula is C42H50N2O8. The van der Waals surface area contributed by atoms with E-state index < -0.39 is 52.2 Å². The molecule has 1 saturated heterocycles. The molecule has 4 aliphatic heterocycles. The largest absolute Gasteiger partial charge is 0.507 e. The van der Waals surface area contributed by atoms with E-state index in [1.807, 2.05) is 46.8 Å². The summed E-state index contributed by atoms with van der Waals surface area (Å²) in [6, 6.07) is 2.27. The second-order valence-electron chi connectivity index (χ2n) is 16.6. The number of rotatable bonds is 8. The van der Waals surface area contributed by atoms with Gasteiger partial charge in [0.2, 0.25) is 0 Å². The van der Waals surface area contributed by atoms with Crippen molar-refractivity contribution in [2.45, 2.75) is 116 Å². The minimum Gasteiger partial charge on any atom is -0.507 e. The maximum Gasteiger partial charge on any atom is 0.333 e. The Labute approximate surface area is 306 Å². The fourth-order valence-corrected chi connectivity index (χ4v) is 10.2. The van der Waals surface area contributed by atoms with Crippen molar-refractivity contribution >= 4 is 17.8 Å². The first-order valence-corrected chi connectivity index (χ1v) is 18.3. The second kappa shape index (κ2) is 12.0. The predicted octanol–water partition coefficient (Wildman–Crippen LogP) is 7.22. The van der Waals surface area contributed by atoms with Crippen LogP contribution in [0.3, 0.4) is 0 Å². The molecule has 1 aromatic carbocycles. The number of ketones is 1. The molecule has 4 bridgehead atoms. The second-order valence-corrected chi connectivity index (χ2v) is 16.6. The van der Waals surface area contributed by atoms with Crippen molar-refractivity contribution < 1.29 is 38.4 Å². The Morgan fingerprint density at radius 3 is 2.46 bits per heavy atom. The number of allylic oxidation sites excluding steroid dienone is 5. The Morgan fingerprint density at radius 1 is 1.10 bits per heavy atom. The van der Waals surface area contributed by atoms with E-state index in [-0.39, 0.29) is 35.3 Å². The summed E-state index contributed by atoms with van der Waals surface area (Å²) in [6.45, 7) is 15.8. The van der Waals surface area contributed by atoms with Gasteiger partial charge in [0.1, 0.15) is 35.0 Å². The van der Waals surface area contributed by atoms with Crippen molar-refractivity contribution in [1.82, 2.24) is 0 Å². The molecule has 10 nitrogen and oxygen atoms in total. The van der Waals surface area contributed by atoms with Crippen LogP contribution >= 0.6 is 0 Å². The lowest BCUT2D eigenvalue weighted by atomic mass is 9.41. The lowest BCUT2D eigenvalue weighted by Gasteiger charge is -2.66. The lowest BCUT2D eigenvalue weighted by Crippen LogP contribution is -2.79. The van der Waals surface area contributed by atoms with Crippen molar-refractivity contribution in [3.8, 4) is 23.3 Å². The number of hydrogen-bond acceptors (Lipinski definition) is 10. The van der Waals surface area contributed by atoms with Crippen LogP contribution < -0.4 is 15.2 Å². The number of phenols is 1. The maximum atomic E-state index is 15.1. The van der Waals surface area contributed by atoms with E-state index in [1.165, 1.54) is 12.7 Å². The Balaban J connectivity index is 1.51. The number of ether oxygens (including phenoxy) is 5. The van der Waals surface area contributed by atoms with Gasteiger partial charge in [-0.15, -0.1) is 0 Å². The molecule has 0 radical (unpaired) electrons. The highest BCUT2D eigenvalue weighted by atomic mass is 16.6. The van der Waals surface area contributed by atoms with Gasteiger partial charge in [-0.25, -0.2) is 4.79 Å². The molecule has 4 heterocycles. The molecule has 10 heteroatoms. The molecule has 1 aromatic rings. The fourth-order valence-electron chi connectivity index (χ4n) is 10.2. The molecule has 3 aliphatic carbocycles. The molecule has 276 valence electrons. The van der Waals surface area contributed by atoms with E-state index in [1.54, 1.807) is 13.0 Å². The zero-order chi connectivity index (χ0) is 37.7. The minimum absolute atomic E-state index is 0.0391. The molecule has 8 atom stereocenters. The number of fused-ring (bicyclic) bond motifs is 3. The highest BCUT2D eigenvalue weighted by Gasteiger charge is 2.86. The first-order valence-electron chi connectivity index (χ1n) is 18.3. The number of phenolic OH excluding ortho intramolecular Hbond substituents is 1. The lowest BCUT2D eigenvalue weighted by molar-refractivity contribution is -0.243. The molecule has 0 amide bonds. The summed E-state index contributed by atoms with van der Waals surface area (Å²) in [7, 11) is 1.32. The van der Waals surface area contributed by atoms with Crippen LogP contribution in [0.1, 0.15) is 104 Å². The molecule has 7 aliphatic rings. The van der Waals surface area contributed by atoms with Crippen molar-refractivity contribution in [1.29, 1.82) is 5.26 Å². The quantitative estimate of drug-likeness (QED) is 0.161. The average Bonchev–Trinajstić information content (AvgIpc) is 3.22. The smallest absolute Gasteiger partial charge is 0.333 e. The van der Waals surface area contributed by atoms with Gasteiger partial charge in [0, 0.05) is 35.3 Å². The van der Waals surface area contributed by atoms with Gasteiger partial charge in [-0.3, -0.25) is 4.79 Å². The molecule has 4 fully saturated rings. The number of hydrogen-bond donors (Lipinski definition) is 2. The monoisotopic (exact) mass is 710 g/mol. The first-order chi connectivity index (χ1) is 24.5. The molecule has 8 rings (SSSR count). The summed E-state index contributed by atoms with van der Waals surface area (Å²) < 4.78 is 33.0. The van der Waals surface area contributed by atoms with Gasteiger partial charge in [-0.1, -0.05) is 29.4 Å². The molecule has 8 unspecified atom stereocenters. The summed E-state index contributed by atoms with van der Waals surface area (Å²) in [6.07, 6.45) is 11.4. The van der Waals surface area contributed by atoms with Crippen LogP contribution in [-0.2, 0) is 30.2 Å². The maximum absolute atomic E-state index is 15.1. The number of aromatic hydroxyl groups is 1. The predicted molar refractivity (Wildman–Crippen MR) is 194 cm³/mol. The zero-order valence-electron chi connectivity index (χ0n) is 31.6. The number of carbonyl (C=O) groups excluding carboxylic acids is 2. The van der Waals surface area contributed by atoms with Crippen LogP contribution in [0.4, 0.5) is 0 Å². The summed E-state index contributed by atoms with van der Waals surface area (Å²) in [5.41, 5.74) is 6.65. The number of nitrogens with two attached hydrogens (primary N) is 1. The third kappa shape index (κ3) is 4.84. The Kier molecular flexibility index (Phi) is 8.30. The van der Waals surface area contributed by atoms with Gasteiger partial charge in [-0.2, -0.15) is 5.26 Å². The van der Waals surface area contributed by atoms with Gasteiger partial charge in [0.25, 0.3) is 0 Å². The van der Waals surface area contributed by atoms with Crippen LogP contribution in [0.25, 0.3) is 6.08 Å². The van der Waals surface area contributed by atoms with Crippen molar-refractivity contribution in [3.63, 3.8) is 0 Å². The molecule has 0 aromatic heterocycles. The number of benzene rings is 1. The Bertz CT molecular complexity index is 1970. The number of methoxy groups -OCH3 is 1. The van der Waals surface area contributed by atoms with Crippen LogP contribution in [0.2, 0.25) is 0 Å². The number of Topliss-reactive ketones (excluding diaryl/α,β-unsaturated/α-hetero) is 1. The normalized spacial score (nSPS) is 34.1. The number of carbonyl (C=O) groups is 2. The fraction of sp³-hybridized carbons (Fsp3) is 0.548. The van der Waals surface area contributed by atoms with Gasteiger partial charge >= 0.3 is 5.97 Å². The third-order valence-electron chi connectivity index (χ3n) is 12.4. The number of esters is 1. The van der Waals surface area contributed by atoms with E-state index in [9.17, 15) is 15.2 Å². The van der Waals surface area contributed by atoms with E-state index in [2.05, 4.69) is 32.1 Å². The number of nitriles is 1. The molecule has 1 spiro atoms. The summed E-state index contributed by atoms with van der Waals surface area (Å²) in [5.74, 6) is -2.10. The van der Waals surface area contributed by atoms with Crippen LogP contribution in [0.5, 0.6) is 17.2 Å². The van der Waals surface area contributed by atoms with Crippen molar-refractivity contribution in [3.05, 3.63) is 69.2 Å². The zero-order valence-corrected chi connectivity index (χ0v) is 31.6. The van der Waals surface area contributed by atoms with Crippen molar-refractivity contribution in [2.75, 3.05) is 7.11 Å². The van der Waals surface area contributed by atoms with E-state index in [0.29, 0.717) is 47.5 Å². The summed E-state index contributed by atoms with van der Waals surface area (Å²) >= 11 is 0. The molecular weight excluding hydrogens is 660 g/mol. The standard InChI is InChI=1S/C42H50N2O8/c1-21(2)11-10-16-40(8)17-15-24-32(45)30-34(25(33(24)50-40)13-12-22(3)4)51-42-28-19-26(29-27(20-43)37(44)49-35(30)31(29)42)36(46)41(42,52-39(28,6)7)18-14-23(5)38(47)48-9/h11-12,14-15,17,26,28-29,31,35,45H,10,13,16,18-19,44H2,1-9H3/b23-14-. The SMILES string of the molecule is COC(=O)/C(C)=C\CC12OC(C)(C)C3CC(C1=O)C1C(C#N)=C(N)OC4c5c(O)c6c(c(CC=C(C)C)c5OC32C41)OC(C)(CCC=C(C)C)C=C6. The van der Waals surface area contributed by atoms with E-state index >= 15 is 4.79 Å². The van der Waals surface area contributed by atoms with Crippen LogP contribution in [0.15, 0.2) is 52.5 Å². The number of nitrogens with zero attached hydrogens (tertiary/aromatic N) is 1. The third-order valence-corrected chi connectivity index (χ3v) is 12.4. The van der Waals surface area contributed by atoms with Gasteiger partial charge in [0.15, 0.2) is 22.9 Å². The highest BCUT2D eigenvalue weighted by Crippen LogP contribution is 2.76. The summed E-state index contributed by atoms with van der Waals surface area (Å²) in [4.78, 5) is 27.7. The molecule has 52 heavy (non-hydrogen) atoms. The first kappa shape index (κ1) is 35.9. The highest BCUT2D eigenvalue weighted by molar-refractivity contribution is 5.96. The molecule has 3 saturated carbocycles. The Morgan fingerprint density at radius 2 is 1.81 bits per heavy atom. The minimum atomic E-state index is -1.55. The van der Waals surface area contributed by atoms with Gasteiger partial charge < -0.3 is 34.5 Å². The van der Waals surface area contributed by atoms with E-state index in [0.717, 1.165) is 17.6 Å². The average molecular weight is 711 g/mol. The summed E-state index contributed by atoms with van der Waals surface area (Å²) in [5, 5.41) is 22.8. The van der Waals surface area contributed by atoms with Crippen LogP contribution in [0, 0.1) is 35.0 Å².